The Morgan fingerprint density at radius 1 is 1.07 bits per heavy atom. The lowest BCUT2D eigenvalue weighted by Crippen LogP contribution is -2.57. The molecule has 2 aliphatic heterocycles. The van der Waals surface area contributed by atoms with E-state index in [4.69, 9.17) is 9.47 Å². The average molecular weight is 397 g/mol. The maximum atomic E-state index is 12.9. The van der Waals surface area contributed by atoms with Crippen LogP contribution in [0.15, 0.2) is 48.5 Å². The van der Waals surface area contributed by atoms with Crippen LogP contribution in [0.25, 0.3) is 0 Å². The Labute approximate surface area is 168 Å². The van der Waals surface area contributed by atoms with Gasteiger partial charge in [-0.05, 0) is 36.6 Å². The smallest absolute Gasteiger partial charge is 0.312 e. The summed E-state index contributed by atoms with van der Waals surface area (Å²) in [6.07, 6.45) is -0.777. The number of β-amino-alcohol motifs (C(OH)–C–C–N with tert-alkyl or cyclic N) is 1. The summed E-state index contributed by atoms with van der Waals surface area (Å²) in [7, 11) is 0. The Balaban J connectivity index is 1.51. The number of benzene rings is 2. The van der Waals surface area contributed by atoms with Crippen molar-refractivity contribution in [2.75, 3.05) is 26.3 Å². The van der Waals surface area contributed by atoms with Gasteiger partial charge in [0.25, 0.3) is 5.91 Å². The van der Waals surface area contributed by atoms with Crippen LogP contribution in [-0.2, 0) is 11.2 Å². The summed E-state index contributed by atoms with van der Waals surface area (Å²) >= 11 is 0. The Bertz CT molecular complexity index is 915. The van der Waals surface area contributed by atoms with Gasteiger partial charge in [-0.2, -0.15) is 0 Å². The highest BCUT2D eigenvalue weighted by molar-refractivity contribution is 5.95. The number of carbonyl (C=O) groups excluding carboxylic acids is 1. The fourth-order valence-corrected chi connectivity index (χ4v) is 4.01. The minimum atomic E-state index is -1.31. The van der Waals surface area contributed by atoms with E-state index in [1.807, 2.05) is 30.3 Å². The number of carboxylic acid groups (broad SMARTS) is 1. The summed E-state index contributed by atoms with van der Waals surface area (Å²) in [6.45, 7) is 1.11. The van der Waals surface area contributed by atoms with Crippen molar-refractivity contribution in [1.82, 2.24) is 4.90 Å². The van der Waals surface area contributed by atoms with E-state index in [1.54, 1.807) is 18.2 Å². The minimum absolute atomic E-state index is 0.0353. The highest BCUT2D eigenvalue weighted by Gasteiger charge is 2.49. The van der Waals surface area contributed by atoms with Crippen molar-refractivity contribution in [3.05, 3.63) is 59.7 Å². The number of ether oxygens (including phenoxy) is 2. The lowest BCUT2D eigenvalue weighted by atomic mass is 9.71. The first-order chi connectivity index (χ1) is 14.0. The lowest BCUT2D eigenvalue weighted by Gasteiger charge is -2.43. The molecule has 2 aliphatic rings. The number of aliphatic hydroxyl groups is 1. The fraction of sp³-hybridized carbons (Fsp3) is 0.364. The van der Waals surface area contributed by atoms with Gasteiger partial charge in [-0.25, -0.2) is 0 Å². The Kier molecular flexibility index (Phi) is 5.15. The number of nitrogens with zero attached hydrogens (tertiary/aromatic N) is 1. The first-order valence-electron chi connectivity index (χ1n) is 9.64. The van der Waals surface area contributed by atoms with E-state index in [1.165, 1.54) is 4.90 Å². The summed E-state index contributed by atoms with van der Waals surface area (Å²) in [4.78, 5) is 26.5. The minimum Gasteiger partial charge on any atom is -0.486 e. The molecule has 0 spiro atoms. The van der Waals surface area contributed by atoms with Crippen molar-refractivity contribution >= 4 is 11.9 Å². The van der Waals surface area contributed by atoms with Crippen LogP contribution in [0, 0.1) is 5.41 Å². The van der Waals surface area contributed by atoms with Gasteiger partial charge >= 0.3 is 5.97 Å². The van der Waals surface area contributed by atoms with Crippen molar-refractivity contribution in [3.63, 3.8) is 0 Å². The molecule has 1 fully saturated rings. The third-order valence-corrected chi connectivity index (χ3v) is 5.72. The van der Waals surface area contributed by atoms with Crippen LogP contribution in [0.2, 0.25) is 0 Å². The van der Waals surface area contributed by atoms with E-state index in [2.05, 4.69) is 0 Å². The van der Waals surface area contributed by atoms with Gasteiger partial charge in [0.1, 0.15) is 18.6 Å². The molecule has 2 N–H and O–H groups in total. The van der Waals surface area contributed by atoms with Gasteiger partial charge in [0.2, 0.25) is 0 Å². The van der Waals surface area contributed by atoms with Gasteiger partial charge in [0.15, 0.2) is 11.5 Å². The molecule has 0 radical (unpaired) electrons. The molecule has 0 bridgehead atoms. The lowest BCUT2D eigenvalue weighted by molar-refractivity contribution is -0.161. The number of aliphatic carboxylic acids is 1. The van der Waals surface area contributed by atoms with Gasteiger partial charge in [-0.15, -0.1) is 0 Å². The van der Waals surface area contributed by atoms with E-state index in [0.29, 0.717) is 30.3 Å². The summed E-state index contributed by atoms with van der Waals surface area (Å²) in [6, 6.07) is 14.2. The van der Waals surface area contributed by atoms with E-state index in [0.717, 1.165) is 5.56 Å². The van der Waals surface area contributed by atoms with Crippen LogP contribution in [0.4, 0.5) is 0 Å². The predicted octanol–water partition coefficient (Wildman–Crippen LogP) is 1.98. The molecule has 0 aromatic heterocycles. The van der Waals surface area contributed by atoms with Crippen LogP contribution >= 0.6 is 0 Å². The van der Waals surface area contributed by atoms with Crippen molar-refractivity contribution in [3.8, 4) is 11.5 Å². The molecular formula is C22H23NO6. The quantitative estimate of drug-likeness (QED) is 0.819. The second kappa shape index (κ2) is 7.75. The van der Waals surface area contributed by atoms with Crippen LogP contribution in [0.5, 0.6) is 11.5 Å². The second-order valence-corrected chi connectivity index (χ2v) is 7.50. The zero-order valence-electron chi connectivity index (χ0n) is 15.9. The number of rotatable bonds is 4. The van der Waals surface area contributed by atoms with Gasteiger partial charge in [0.05, 0.1) is 6.10 Å². The summed E-state index contributed by atoms with van der Waals surface area (Å²) < 4.78 is 11.0. The number of hydrogen-bond acceptors (Lipinski definition) is 5. The maximum Gasteiger partial charge on any atom is 0.312 e. The summed E-state index contributed by atoms with van der Waals surface area (Å²) in [5.74, 6) is -0.192. The third-order valence-electron chi connectivity index (χ3n) is 5.72. The Morgan fingerprint density at radius 3 is 2.48 bits per heavy atom. The van der Waals surface area contributed by atoms with Crippen LogP contribution in [0.3, 0.4) is 0 Å². The van der Waals surface area contributed by atoms with E-state index in [-0.39, 0.29) is 31.8 Å². The number of amides is 1. The molecule has 0 aliphatic carbocycles. The molecule has 2 aromatic carbocycles. The van der Waals surface area contributed by atoms with Crippen molar-refractivity contribution in [1.29, 1.82) is 0 Å². The first kappa shape index (κ1) is 19.3. The number of fused-ring (bicyclic) bond motifs is 1. The molecule has 29 heavy (non-hydrogen) atoms. The monoisotopic (exact) mass is 397 g/mol. The van der Waals surface area contributed by atoms with E-state index < -0.39 is 17.5 Å². The molecule has 4 rings (SSSR count). The fourth-order valence-electron chi connectivity index (χ4n) is 4.01. The normalized spacial score (nSPS) is 23.5. The molecule has 0 saturated carbocycles. The Morgan fingerprint density at radius 2 is 1.79 bits per heavy atom. The van der Waals surface area contributed by atoms with Crippen LogP contribution < -0.4 is 9.47 Å². The number of aliphatic hydroxyl groups excluding tert-OH is 1. The topological polar surface area (TPSA) is 96.3 Å². The molecule has 2 aromatic rings. The van der Waals surface area contributed by atoms with Gasteiger partial charge in [0, 0.05) is 18.7 Å². The van der Waals surface area contributed by atoms with Crippen LogP contribution in [0.1, 0.15) is 22.3 Å². The predicted molar refractivity (Wildman–Crippen MR) is 104 cm³/mol. The number of carboxylic acids is 1. The van der Waals surface area contributed by atoms with E-state index >= 15 is 0 Å². The Hall–Kier alpha value is -3.06. The number of hydrogen-bond donors (Lipinski definition) is 2. The average Bonchev–Trinajstić information content (AvgIpc) is 2.75. The molecule has 7 heteroatoms. The molecule has 2 atom stereocenters. The molecule has 1 amide bonds. The van der Waals surface area contributed by atoms with Crippen LogP contribution in [-0.4, -0.2) is 59.4 Å². The van der Waals surface area contributed by atoms with E-state index in [9.17, 15) is 19.8 Å². The number of piperidine rings is 1. The summed E-state index contributed by atoms with van der Waals surface area (Å²) in [5, 5.41) is 20.7. The molecular weight excluding hydrogens is 374 g/mol. The van der Waals surface area contributed by atoms with Crippen molar-refractivity contribution in [2.24, 2.45) is 5.41 Å². The molecule has 7 nitrogen and oxygen atoms in total. The first-order valence-corrected chi connectivity index (χ1v) is 9.64. The largest absolute Gasteiger partial charge is 0.486 e. The molecule has 1 saturated heterocycles. The molecule has 0 unspecified atom stereocenters. The number of carbonyl (C=O) groups is 2. The van der Waals surface area contributed by atoms with Gasteiger partial charge < -0.3 is 24.6 Å². The van der Waals surface area contributed by atoms with Crippen molar-refractivity contribution in [2.45, 2.75) is 18.9 Å². The third kappa shape index (κ3) is 3.65. The van der Waals surface area contributed by atoms with Gasteiger partial charge in [-0.3, -0.25) is 9.59 Å². The zero-order valence-corrected chi connectivity index (χ0v) is 15.9. The zero-order chi connectivity index (χ0) is 20.4. The SMILES string of the molecule is O=C(c1ccc2c(c1)OCCO2)N1CC[C@](Cc2ccccc2)(C(=O)O)[C@@H](O)C1. The standard InChI is InChI=1S/C22H23NO6/c24-19-14-23(20(25)16-6-7-17-18(12-16)29-11-10-28-17)9-8-22(19,21(26)27)13-15-4-2-1-3-5-15/h1-7,12,19,24H,8-11,13-14H2,(H,26,27)/t19-,22+/m0/s1. The molecule has 152 valence electrons. The molecule has 2 heterocycles. The van der Waals surface area contributed by atoms with Gasteiger partial charge in [-0.1, -0.05) is 30.3 Å². The highest BCUT2D eigenvalue weighted by atomic mass is 16.6. The number of likely N-dealkylation sites (tertiary alicyclic amines) is 1. The van der Waals surface area contributed by atoms with Crippen molar-refractivity contribution < 1.29 is 29.3 Å². The maximum absolute atomic E-state index is 12.9. The highest BCUT2D eigenvalue weighted by Crippen LogP contribution is 2.37. The second-order valence-electron chi connectivity index (χ2n) is 7.50. The summed E-state index contributed by atoms with van der Waals surface area (Å²) in [5.41, 5.74) is -0.0433.